The minimum atomic E-state index is -0.773. The molecule has 1 aromatic rings. The lowest BCUT2D eigenvalue weighted by atomic mass is 9.53. The molecule has 0 heterocycles. The van der Waals surface area contributed by atoms with Gasteiger partial charge in [0, 0.05) is 10.4 Å². The maximum Gasteiger partial charge on any atom is 0.340 e. The number of nitrogens with one attached hydrogen (secondary N) is 1. The Bertz CT molecular complexity index is 682. The second kappa shape index (κ2) is 6.91. The average Bonchev–Trinajstić information content (AvgIpc) is 2.59. The van der Waals surface area contributed by atoms with Crippen molar-refractivity contribution in [3.63, 3.8) is 0 Å². The fourth-order valence-electron chi connectivity index (χ4n) is 5.72. The van der Waals surface area contributed by atoms with Crippen LogP contribution >= 0.6 is 11.8 Å². The Kier molecular flexibility index (Phi) is 4.76. The summed E-state index contributed by atoms with van der Waals surface area (Å²) in [5.41, 5.74) is 0.471. The first-order valence-corrected chi connectivity index (χ1v) is 10.9. The molecule has 0 aromatic heterocycles. The number of hydrogen-bond acceptors (Lipinski definition) is 4. The third kappa shape index (κ3) is 3.38. The molecule has 1 atom stereocenters. The normalized spacial score (nSPS) is 32.9. The van der Waals surface area contributed by atoms with E-state index in [0.717, 1.165) is 41.9 Å². The van der Waals surface area contributed by atoms with Crippen LogP contribution in [0.3, 0.4) is 0 Å². The molecule has 0 spiro atoms. The van der Waals surface area contributed by atoms with Crippen molar-refractivity contribution >= 4 is 23.6 Å². The Morgan fingerprint density at radius 3 is 2.27 bits per heavy atom. The van der Waals surface area contributed by atoms with Gasteiger partial charge < -0.3 is 10.1 Å². The van der Waals surface area contributed by atoms with Gasteiger partial charge in [0.2, 0.25) is 0 Å². The number of thioether (sulfide) groups is 1. The summed E-state index contributed by atoms with van der Waals surface area (Å²) in [6.45, 7) is 1.68. The molecular weight excluding hydrogens is 346 g/mol. The van der Waals surface area contributed by atoms with Crippen LogP contribution < -0.4 is 5.32 Å². The second-order valence-electron chi connectivity index (χ2n) is 8.43. The Morgan fingerprint density at radius 1 is 1.12 bits per heavy atom. The van der Waals surface area contributed by atoms with E-state index in [9.17, 15) is 9.59 Å². The lowest BCUT2D eigenvalue weighted by Crippen LogP contribution is -2.61. The molecule has 5 heteroatoms. The summed E-state index contributed by atoms with van der Waals surface area (Å²) in [7, 11) is 0. The van der Waals surface area contributed by atoms with Gasteiger partial charge >= 0.3 is 5.97 Å². The summed E-state index contributed by atoms with van der Waals surface area (Å²) in [5.74, 6) is 1.73. The maximum absolute atomic E-state index is 12.8. The fraction of sp³-hybridized carbons (Fsp3) is 0.619. The van der Waals surface area contributed by atoms with Gasteiger partial charge in [-0.2, -0.15) is 0 Å². The molecule has 1 amide bonds. The molecule has 4 nitrogen and oxygen atoms in total. The maximum atomic E-state index is 12.8. The number of ether oxygens (including phenoxy) is 1. The van der Waals surface area contributed by atoms with Gasteiger partial charge in [-0.1, -0.05) is 12.1 Å². The molecule has 0 aliphatic heterocycles. The smallest absolute Gasteiger partial charge is 0.340 e. The summed E-state index contributed by atoms with van der Waals surface area (Å²) < 4.78 is 5.49. The van der Waals surface area contributed by atoms with E-state index in [4.69, 9.17) is 4.74 Å². The molecule has 4 bridgehead atoms. The SMILES string of the molecule is CSc1ccccc1C(=O)O[C@@H](C)C(=O)NC12CC3CC(CC(C3)C1)C2. The van der Waals surface area contributed by atoms with Gasteiger partial charge in [0.1, 0.15) is 0 Å². The van der Waals surface area contributed by atoms with Crippen molar-refractivity contribution in [2.75, 3.05) is 6.26 Å². The van der Waals surface area contributed by atoms with Crippen molar-refractivity contribution in [1.29, 1.82) is 0 Å². The molecular formula is C21H27NO3S. The predicted octanol–water partition coefficient (Wildman–Crippen LogP) is 4.04. The Morgan fingerprint density at radius 2 is 1.69 bits per heavy atom. The number of carbonyl (C=O) groups is 2. The highest BCUT2D eigenvalue weighted by molar-refractivity contribution is 7.98. The van der Waals surface area contributed by atoms with Crippen LogP contribution in [0.1, 0.15) is 55.8 Å². The van der Waals surface area contributed by atoms with Crippen molar-refractivity contribution in [1.82, 2.24) is 5.32 Å². The molecule has 0 unspecified atom stereocenters. The van der Waals surface area contributed by atoms with Gasteiger partial charge in [0.15, 0.2) is 6.10 Å². The number of amides is 1. The molecule has 4 aliphatic rings. The molecule has 5 rings (SSSR count). The summed E-state index contributed by atoms with van der Waals surface area (Å²) in [5, 5.41) is 3.29. The van der Waals surface area contributed by atoms with Crippen molar-refractivity contribution in [2.45, 2.75) is 62.0 Å². The van der Waals surface area contributed by atoms with Crippen molar-refractivity contribution in [3.05, 3.63) is 29.8 Å². The minimum Gasteiger partial charge on any atom is -0.449 e. The lowest BCUT2D eigenvalue weighted by Gasteiger charge is -2.57. The topological polar surface area (TPSA) is 55.4 Å². The van der Waals surface area contributed by atoms with Gasteiger partial charge in [0.05, 0.1) is 5.56 Å². The molecule has 26 heavy (non-hydrogen) atoms. The highest BCUT2D eigenvalue weighted by atomic mass is 32.2. The summed E-state index contributed by atoms with van der Waals surface area (Å²) >= 11 is 1.50. The first kappa shape index (κ1) is 17.9. The van der Waals surface area contributed by atoms with Crippen LogP contribution in [0.4, 0.5) is 0 Å². The van der Waals surface area contributed by atoms with Crippen LogP contribution in [0.2, 0.25) is 0 Å². The van der Waals surface area contributed by atoms with Crippen molar-refractivity contribution in [3.8, 4) is 0 Å². The zero-order chi connectivity index (χ0) is 18.3. The van der Waals surface area contributed by atoms with E-state index < -0.39 is 12.1 Å². The zero-order valence-corrected chi connectivity index (χ0v) is 16.3. The number of benzene rings is 1. The number of hydrogen-bond donors (Lipinski definition) is 1. The summed E-state index contributed by atoms with van der Waals surface area (Å²) in [6, 6.07) is 7.35. The van der Waals surface area contributed by atoms with Crippen LogP contribution in [0.15, 0.2) is 29.2 Å². The third-order valence-electron chi connectivity index (χ3n) is 6.41. The predicted molar refractivity (Wildman–Crippen MR) is 102 cm³/mol. The van der Waals surface area contributed by atoms with Crippen LogP contribution in [0, 0.1) is 17.8 Å². The van der Waals surface area contributed by atoms with Crippen molar-refractivity contribution in [2.24, 2.45) is 17.8 Å². The first-order valence-electron chi connectivity index (χ1n) is 9.64. The summed E-state index contributed by atoms with van der Waals surface area (Å²) in [6.07, 6.45) is 8.46. The van der Waals surface area contributed by atoms with E-state index in [1.807, 2.05) is 24.5 Å². The van der Waals surface area contributed by atoms with Crippen LogP contribution in [0.25, 0.3) is 0 Å². The number of carbonyl (C=O) groups excluding carboxylic acids is 2. The molecule has 1 N–H and O–H groups in total. The summed E-state index contributed by atoms with van der Waals surface area (Å²) in [4.78, 5) is 26.1. The number of rotatable bonds is 5. The van der Waals surface area contributed by atoms with Crippen molar-refractivity contribution < 1.29 is 14.3 Å². The van der Waals surface area contributed by atoms with E-state index in [1.54, 1.807) is 13.0 Å². The Hall–Kier alpha value is -1.49. The van der Waals surface area contributed by atoms with Gasteiger partial charge in [-0.05, 0) is 81.6 Å². The second-order valence-corrected chi connectivity index (χ2v) is 9.28. The Balaban J connectivity index is 1.40. The Labute approximate surface area is 159 Å². The molecule has 4 aliphatic carbocycles. The highest BCUT2D eigenvalue weighted by Crippen LogP contribution is 2.55. The molecule has 0 saturated heterocycles. The van der Waals surface area contributed by atoms with Gasteiger partial charge in [-0.25, -0.2) is 4.79 Å². The third-order valence-corrected chi connectivity index (χ3v) is 7.20. The monoisotopic (exact) mass is 373 g/mol. The lowest BCUT2D eigenvalue weighted by molar-refractivity contribution is -0.134. The van der Waals surface area contributed by atoms with Crippen LogP contribution in [-0.2, 0) is 9.53 Å². The van der Waals surface area contributed by atoms with E-state index in [1.165, 1.54) is 31.0 Å². The largest absolute Gasteiger partial charge is 0.449 e. The van der Waals surface area contributed by atoms with E-state index >= 15 is 0 Å². The van der Waals surface area contributed by atoms with Gasteiger partial charge in [0.25, 0.3) is 5.91 Å². The average molecular weight is 374 g/mol. The van der Waals surface area contributed by atoms with E-state index in [-0.39, 0.29) is 11.4 Å². The fourth-order valence-corrected chi connectivity index (χ4v) is 6.30. The molecule has 140 valence electrons. The number of esters is 1. The first-order chi connectivity index (χ1) is 12.5. The van der Waals surface area contributed by atoms with Gasteiger partial charge in [-0.3, -0.25) is 4.79 Å². The van der Waals surface area contributed by atoms with Crippen LogP contribution in [0.5, 0.6) is 0 Å². The zero-order valence-electron chi connectivity index (χ0n) is 15.5. The molecule has 4 fully saturated rings. The standard InChI is InChI=1S/C21H27NO3S/c1-13(25-20(24)17-5-3-4-6-18(17)26-2)19(23)22-21-10-14-7-15(11-21)9-16(8-14)12-21/h3-6,13-16H,7-12H2,1-2H3,(H,22,23)/t13-,14?,15?,16?,21?/m0/s1. The van der Waals surface area contributed by atoms with Crippen LogP contribution in [-0.4, -0.2) is 29.8 Å². The minimum absolute atomic E-state index is 0.0519. The van der Waals surface area contributed by atoms with E-state index in [0.29, 0.717) is 5.56 Å². The van der Waals surface area contributed by atoms with Gasteiger partial charge in [-0.15, -0.1) is 11.8 Å². The van der Waals surface area contributed by atoms with E-state index in [2.05, 4.69) is 5.32 Å². The molecule has 1 aromatic carbocycles. The highest BCUT2D eigenvalue weighted by Gasteiger charge is 2.51. The quantitative estimate of drug-likeness (QED) is 0.625. The molecule has 0 radical (unpaired) electrons. The molecule has 4 saturated carbocycles.